The van der Waals surface area contributed by atoms with E-state index < -0.39 is 10.0 Å². The molecular formula is C18H15ClN2O2S2. The molecule has 3 rings (SSSR count). The highest BCUT2D eigenvalue weighted by molar-refractivity contribution is 7.90. The third-order valence-electron chi connectivity index (χ3n) is 3.86. The van der Waals surface area contributed by atoms with Crippen molar-refractivity contribution in [2.75, 3.05) is 0 Å². The number of terminal acetylenes is 1. The fourth-order valence-corrected chi connectivity index (χ4v) is 4.84. The first-order valence-electron chi connectivity index (χ1n) is 7.42. The highest BCUT2D eigenvalue weighted by Crippen LogP contribution is 2.23. The van der Waals surface area contributed by atoms with Gasteiger partial charge in [0.15, 0.2) is 0 Å². The SMILES string of the molecule is C#CCn1/c(=N/S(=O)(=O)c2ccc(Cl)cc2)sc2cc(C)c(C)cc21. The van der Waals surface area contributed by atoms with Crippen LogP contribution in [0.5, 0.6) is 0 Å². The lowest BCUT2D eigenvalue weighted by Crippen LogP contribution is -2.16. The maximum atomic E-state index is 12.6. The summed E-state index contributed by atoms with van der Waals surface area (Å²) in [6.45, 7) is 4.27. The standard InChI is InChI=1S/C18H15ClN2O2S2/c1-4-9-21-16-10-12(2)13(3)11-17(16)24-18(21)20-25(22,23)15-7-5-14(19)6-8-15/h1,5-8,10-11H,9H2,2-3H3/b20-18-. The molecule has 0 bridgehead atoms. The van der Waals surface area contributed by atoms with Gasteiger partial charge < -0.3 is 4.57 Å². The molecule has 128 valence electrons. The second-order valence-electron chi connectivity index (χ2n) is 5.60. The molecule has 0 aliphatic heterocycles. The molecule has 0 atom stereocenters. The first kappa shape index (κ1) is 17.7. The first-order chi connectivity index (χ1) is 11.8. The summed E-state index contributed by atoms with van der Waals surface area (Å²) in [5, 5.41) is 0.467. The molecular weight excluding hydrogens is 376 g/mol. The van der Waals surface area contributed by atoms with E-state index in [1.54, 1.807) is 4.57 Å². The van der Waals surface area contributed by atoms with Crippen LogP contribution in [0.3, 0.4) is 0 Å². The van der Waals surface area contributed by atoms with Gasteiger partial charge in [0.2, 0.25) is 4.80 Å². The van der Waals surface area contributed by atoms with E-state index in [4.69, 9.17) is 18.0 Å². The van der Waals surface area contributed by atoms with E-state index in [0.29, 0.717) is 9.82 Å². The van der Waals surface area contributed by atoms with Gasteiger partial charge >= 0.3 is 0 Å². The van der Waals surface area contributed by atoms with Gasteiger partial charge in [0.1, 0.15) is 0 Å². The van der Waals surface area contributed by atoms with Crippen LogP contribution in [0, 0.1) is 26.2 Å². The summed E-state index contributed by atoms with van der Waals surface area (Å²) in [5.41, 5.74) is 3.13. The van der Waals surface area contributed by atoms with Crippen molar-refractivity contribution < 1.29 is 8.42 Å². The van der Waals surface area contributed by atoms with Gasteiger partial charge in [-0.1, -0.05) is 28.9 Å². The van der Waals surface area contributed by atoms with E-state index >= 15 is 0 Å². The van der Waals surface area contributed by atoms with Crippen molar-refractivity contribution in [2.45, 2.75) is 25.3 Å². The Balaban J connectivity index is 2.27. The van der Waals surface area contributed by atoms with Gasteiger partial charge in [-0.15, -0.1) is 10.8 Å². The Morgan fingerprint density at radius 2 is 1.84 bits per heavy atom. The van der Waals surface area contributed by atoms with Crippen LogP contribution < -0.4 is 4.80 Å². The summed E-state index contributed by atoms with van der Waals surface area (Å²) in [5.74, 6) is 2.57. The van der Waals surface area contributed by atoms with Gasteiger partial charge in [0.05, 0.1) is 21.7 Å². The van der Waals surface area contributed by atoms with Gasteiger partial charge in [-0.05, 0) is 61.4 Å². The molecule has 0 saturated heterocycles. The van der Waals surface area contributed by atoms with E-state index in [9.17, 15) is 8.42 Å². The van der Waals surface area contributed by atoms with Gasteiger partial charge in [0.25, 0.3) is 10.0 Å². The van der Waals surface area contributed by atoms with Crippen molar-refractivity contribution in [3.05, 3.63) is 57.3 Å². The second-order valence-corrected chi connectivity index (χ2v) is 8.65. The van der Waals surface area contributed by atoms with E-state index in [-0.39, 0.29) is 11.4 Å². The monoisotopic (exact) mass is 390 g/mol. The number of halogens is 1. The Morgan fingerprint density at radius 1 is 1.20 bits per heavy atom. The number of benzene rings is 2. The Bertz CT molecular complexity index is 1160. The number of fused-ring (bicyclic) bond motifs is 1. The number of hydrogen-bond donors (Lipinski definition) is 0. The summed E-state index contributed by atoms with van der Waals surface area (Å²) in [4.78, 5) is 0.446. The van der Waals surface area contributed by atoms with Crippen LogP contribution in [0.25, 0.3) is 10.2 Å². The molecule has 0 radical (unpaired) electrons. The minimum Gasteiger partial charge on any atom is -0.304 e. The lowest BCUT2D eigenvalue weighted by Gasteiger charge is -2.03. The summed E-state index contributed by atoms with van der Waals surface area (Å²) < 4.78 is 31.9. The Hall–Kier alpha value is -2.07. The van der Waals surface area contributed by atoms with Crippen LogP contribution in [0.4, 0.5) is 0 Å². The summed E-state index contributed by atoms with van der Waals surface area (Å²) in [6, 6.07) is 9.96. The molecule has 0 N–H and O–H groups in total. The largest absolute Gasteiger partial charge is 0.304 e. The molecule has 0 saturated carbocycles. The van der Waals surface area contributed by atoms with Crippen molar-refractivity contribution in [2.24, 2.45) is 4.40 Å². The molecule has 0 amide bonds. The van der Waals surface area contributed by atoms with Gasteiger partial charge in [-0.2, -0.15) is 8.42 Å². The van der Waals surface area contributed by atoms with Gasteiger partial charge in [-0.3, -0.25) is 0 Å². The predicted octanol–water partition coefficient (Wildman–Crippen LogP) is 3.90. The van der Waals surface area contributed by atoms with Crippen molar-refractivity contribution >= 4 is 43.2 Å². The molecule has 0 aliphatic rings. The normalized spacial score (nSPS) is 12.5. The van der Waals surface area contributed by atoms with Crippen LogP contribution in [0.2, 0.25) is 5.02 Å². The van der Waals surface area contributed by atoms with E-state index in [0.717, 1.165) is 21.3 Å². The van der Waals surface area contributed by atoms with Crippen molar-refractivity contribution in [1.29, 1.82) is 0 Å². The number of sulfonamides is 1. The van der Waals surface area contributed by atoms with Crippen LogP contribution in [0.1, 0.15) is 11.1 Å². The number of aromatic nitrogens is 1. The van der Waals surface area contributed by atoms with E-state index in [1.165, 1.54) is 35.6 Å². The molecule has 1 heterocycles. The highest BCUT2D eigenvalue weighted by atomic mass is 35.5. The Morgan fingerprint density at radius 3 is 2.48 bits per heavy atom. The molecule has 0 unspecified atom stereocenters. The minimum absolute atomic E-state index is 0.0916. The van der Waals surface area contributed by atoms with Crippen molar-refractivity contribution in [3.8, 4) is 12.3 Å². The minimum atomic E-state index is -3.85. The smallest absolute Gasteiger partial charge is 0.285 e. The lowest BCUT2D eigenvalue weighted by molar-refractivity contribution is 0.596. The van der Waals surface area contributed by atoms with E-state index in [1.807, 2.05) is 26.0 Å². The zero-order valence-electron chi connectivity index (χ0n) is 13.7. The van der Waals surface area contributed by atoms with Crippen molar-refractivity contribution in [1.82, 2.24) is 4.57 Å². The highest BCUT2D eigenvalue weighted by Gasteiger charge is 2.15. The summed E-state index contributed by atoms with van der Waals surface area (Å²) >= 11 is 7.13. The zero-order chi connectivity index (χ0) is 18.2. The molecule has 1 aromatic heterocycles. The molecule has 2 aromatic carbocycles. The van der Waals surface area contributed by atoms with Gasteiger partial charge in [-0.25, -0.2) is 0 Å². The summed E-state index contributed by atoms with van der Waals surface area (Å²) in [7, 11) is -3.85. The van der Waals surface area contributed by atoms with Crippen LogP contribution >= 0.6 is 22.9 Å². The molecule has 4 nitrogen and oxygen atoms in total. The molecule has 0 spiro atoms. The topological polar surface area (TPSA) is 51.4 Å². The number of rotatable bonds is 3. The van der Waals surface area contributed by atoms with E-state index in [2.05, 4.69) is 10.3 Å². The molecule has 3 aromatic rings. The quantitative estimate of drug-likeness (QED) is 0.637. The predicted molar refractivity (Wildman–Crippen MR) is 102 cm³/mol. The second kappa shape index (κ2) is 6.68. The average molecular weight is 391 g/mol. The number of thiazole rings is 1. The van der Waals surface area contributed by atoms with Crippen LogP contribution in [0.15, 0.2) is 45.7 Å². The summed E-state index contributed by atoms with van der Waals surface area (Å²) in [6.07, 6.45) is 5.47. The van der Waals surface area contributed by atoms with Crippen LogP contribution in [-0.2, 0) is 16.6 Å². The number of aryl methyl sites for hydroxylation is 2. The number of hydrogen-bond acceptors (Lipinski definition) is 3. The Labute approximate surface area is 155 Å². The van der Waals surface area contributed by atoms with Crippen LogP contribution in [-0.4, -0.2) is 13.0 Å². The average Bonchev–Trinajstić information content (AvgIpc) is 2.85. The third kappa shape index (κ3) is 3.49. The Kier molecular flexibility index (Phi) is 4.74. The maximum absolute atomic E-state index is 12.6. The maximum Gasteiger partial charge on any atom is 0.285 e. The molecule has 25 heavy (non-hydrogen) atoms. The fourth-order valence-electron chi connectivity index (χ4n) is 2.40. The molecule has 0 aliphatic carbocycles. The zero-order valence-corrected chi connectivity index (χ0v) is 16.0. The fraction of sp³-hybridized carbons (Fsp3) is 0.167. The first-order valence-corrected chi connectivity index (χ1v) is 10.1. The molecule has 0 fully saturated rings. The van der Waals surface area contributed by atoms with Gasteiger partial charge in [0, 0.05) is 5.02 Å². The third-order valence-corrected chi connectivity index (χ3v) is 6.55. The lowest BCUT2D eigenvalue weighted by atomic mass is 10.1. The van der Waals surface area contributed by atoms with Crippen molar-refractivity contribution in [3.63, 3.8) is 0 Å². The molecule has 7 heteroatoms. The number of nitrogens with zero attached hydrogens (tertiary/aromatic N) is 2.